The van der Waals surface area contributed by atoms with Crippen LogP contribution in [0.2, 0.25) is 0 Å². The van der Waals surface area contributed by atoms with Crippen LogP contribution in [0.4, 0.5) is 5.69 Å². The fraction of sp³-hybridized carbons (Fsp3) is 0.154. The van der Waals surface area contributed by atoms with Gasteiger partial charge in [0.15, 0.2) is 5.69 Å². The summed E-state index contributed by atoms with van der Waals surface area (Å²) in [4.78, 5) is 36.9. The van der Waals surface area contributed by atoms with E-state index in [9.17, 15) is 19.6 Å². The lowest BCUT2D eigenvalue weighted by Gasteiger charge is -2.17. The summed E-state index contributed by atoms with van der Waals surface area (Å²) in [6.07, 6.45) is 0.913. The molecule has 4 aromatic rings. The molecule has 0 spiro atoms. The van der Waals surface area contributed by atoms with Crippen LogP contribution in [-0.2, 0) is 11.3 Å². The smallest absolute Gasteiger partial charge is 0.260 e. The molecule has 1 heterocycles. The summed E-state index contributed by atoms with van der Waals surface area (Å²) in [5, 5.41) is 14.2. The standard InChI is InChI=1S/C26H23N3O4/c1-18-8-5-6-11-21(18)25(31)28(17-30)14-7-15-29-23-16-20(19-9-3-2-4-10-19)12-13-22(23)24(27-33)26(29)32/h2-6,8-13,16-17,32H,7,14-15H2,1H3. The molecule has 0 fully saturated rings. The molecule has 0 aliphatic heterocycles. The minimum Gasteiger partial charge on any atom is -0.493 e. The molecule has 0 bridgehead atoms. The number of rotatable bonds is 8. The number of imide groups is 1. The number of aryl methyl sites for hydroxylation is 2. The van der Waals surface area contributed by atoms with Gasteiger partial charge in [0.2, 0.25) is 12.3 Å². The molecular formula is C26H23N3O4. The number of nitrogens with zero attached hydrogens (tertiary/aromatic N) is 3. The highest BCUT2D eigenvalue weighted by atomic mass is 16.3. The number of carbonyl (C=O) groups is 2. The van der Waals surface area contributed by atoms with E-state index in [-0.39, 0.29) is 24.0 Å². The van der Waals surface area contributed by atoms with Gasteiger partial charge in [-0.15, -0.1) is 4.91 Å². The topological polar surface area (TPSA) is 92.0 Å². The summed E-state index contributed by atoms with van der Waals surface area (Å²) in [7, 11) is 0. The van der Waals surface area contributed by atoms with Gasteiger partial charge in [-0.3, -0.25) is 14.5 Å². The molecule has 0 unspecified atom stereocenters. The highest BCUT2D eigenvalue weighted by Gasteiger charge is 2.20. The molecule has 7 nitrogen and oxygen atoms in total. The molecule has 1 N–H and O–H groups in total. The number of benzene rings is 3. The van der Waals surface area contributed by atoms with E-state index in [4.69, 9.17) is 0 Å². The predicted octanol–water partition coefficient (Wildman–Crippen LogP) is 5.41. The maximum absolute atomic E-state index is 12.8. The second kappa shape index (κ2) is 9.48. The molecule has 1 aromatic heterocycles. The zero-order valence-corrected chi connectivity index (χ0v) is 18.1. The molecule has 0 saturated heterocycles. The fourth-order valence-electron chi connectivity index (χ4n) is 4.01. The number of nitroso groups, excluding NO2 is 1. The fourth-order valence-corrected chi connectivity index (χ4v) is 4.01. The first kappa shape index (κ1) is 22.0. The first-order valence-corrected chi connectivity index (χ1v) is 10.6. The summed E-state index contributed by atoms with van der Waals surface area (Å²) < 4.78 is 1.60. The van der Waals surface area contributed by atoms with Crippen LogP contribution in [-0.4, -0.2) is 33.4 Å². The Morgan fingerprint density at radius 1 is 1.03 bits per heavy atom. The summed E-state index contributed by atoms with van der Waals surface area (Å²) in [5.41, 5.74) is 3.84. The van der Waals surface area contributed by atoms with Crippen molar-refractivity contribution in [3.63, 3.8) is 0 Å². The van der Waals surface area contributed by atoms with E-state index >= 15 is 0 Å². The van der Waals surface area contributed by atoms with Crippen molar-refractivity contribution >= 4 is 28.9 Å². The second-order valence-corrected chi connectivity index (χ2v) is 7.79. The molecule has 4 rings (SSSR count). The zero-order chi connectivity index (χ0) is 23.4. The first-order chi connectivity index (χ1) is 16.0. The van der Waals surface area contributed by atoms with E-state index in [1.807, 2.05) is 61.5 Å². The van der Waals surface area contributed by atoms with Gasteiger partial charge in [0.1, 0.15) is 0 Å². The van der Waals surface area contributed by atoms with Crippen molar-refractivity contribution in [2.45, 2.75) is 19.9 Å². The van der Waals surface area contributed by atoms with E-state index in [0.29, 0.717) is 35.8 Å². The number of hydrogen-bond acceptors (Lipinski definition) is 5. The van der Waals surface area contributed by atoms with Crippen molar-refractivity contribution in [1.82, 2.24) is 9.47 Å². The van der Waals surface area contributed by atoms with Gasteiger partial charge in [0.05, 0.1) is 5.52 Å². The van der Waals surface area contributed by atoms with Gasteiger partial charge in [-0.2, -0.15) is 0 Å². The van der Waals surface area contributed by atoms with E-state index in [2.05, 4.69) is 5.18 Å². The largest absolute Gasteiger partial charge is 0.493 e. The van der Waals surface area contributed by atoms with Crippen LogP contribution in [0.15, 0.2) is 78.0 Å². The van der Waals surface area contributed by atoms with E-state index in [0.717, 1.165) is 21.6 Å². The van der Waals surface area contributed by atoms with Crippen LogP contribution in [0.25, 0.3) is 22.0 Å². The van der Waals surface area contributed by atoms with Crippen LogP contribution in [0.5, 0.6) is 5.88 Å². The molecule has 166 valence electrons. The molecule has 0 saturated carbocycles. The van der Waals surface area contributed by atoms with Crippen LogP contribution in [0.3, 0.4) is 0 Å². The van der Waals surface area contributed by atoms with Crippen molar-refractivity contribution in [1.29, 1.82) is 0 Å². The quantitative estimate of drug-likeness (QED) is 0.292. The van der Waals surface area contributed by atoms with Gasteiger partial charge in [-0.25, -0.2) is 0 Å². The third kappa shape index (κ3) is 4.25. The average molecular weight is 441 g/mol. The lowest BCUT2D eigenvalue weighted by molar-refractivity contribution is -0.116. The summed E-state index contributed by atoms with van der Waals surface area (Å²) in [5.74, 6) is -0.598. The molecule has 7 heteroatoms. The van der Waals surface area contributed by atoms with Gasteiger partial charge in [-0.1, -0.05) is 54.6 Å². The van der Waals surface area contributed by atoms with Gasteiger partial charge in [-0.05, 0) is 53.4 Å². The molecule has 0 atom stereocenters. The van der Waals surface area contributed by atoms with E-state index in [1.54, 1.807) is 22.8 Å². The third-order valence-corrected chi connectivity index (χ3v) is 5.75. The summed E-state index contributed by atoms with van der Waals surface area (Å²) in [6.45, 7) is 2.28. The average Bonchev–Trinajstić information content (AvgIpc) is 3.12. The lowest BCUT2D eigenvalue weighted by Crippen LogP contribution is -2.31. The minimum atomic E-state index is -0.369. The van der Waals surface area contributed by atoms with Gasteiger partial charge < -0.3 is 9.67 Å². The molecular weight excluding hydrogens is 418 g/mol. The van der Waals surface area contributed by atoms with Gasteiger partial charge in [0, 0.05) is 24.0 Å². The Labute approximate surface area is 190 Å². The second-order valence-electron chi connectivity index (χ2n) is 7.79. The number of aromatic nitrogens is 1. The number of carbonyl (C=O) groups excluding carboxylic acids is 2. The molecule has 0 aliphatic rings. The van der Waals surface area contributed by atoms with Crippen molar-refractivity contribution in [3.05, 3.63) is 88.8 Å². The Hall–Kier alpha value is -4.26. The Bertz CT molecular complexity index is 1330. The van der Waals surface area contributed by atoms with Crippen LogP contribution in [0, 0.1) is 11.8 Å². The molecule has 0 radical (unpaired) electrons. The van der Waals surface area contributed by atoms with Crippen molar-refractivity contribution < 1.29 is 14.7 Å². The molecule has 3 aromatic carbocycles. The van der Waals surface area contributed by atoms with Gasteiger partial charge in [0.25, 0.3) is 5.91 Å². The van der Waals surface area contributed by atoms with Crippen LogP contribution in [0.1, 0.15) is 22.3 Å². The van der Waals surface area contributed by atoms with E-state index < -0.39 is 0 Å². The van der Waals surface area contributed by atoms with E-state index in [1.165, 1.54) is 0 Å². The normalized spacial score (nSPS) is 10.8. The SMILES string of the molecule is Cc1ccccc1C(=O)N(C=O)CCCn1c(O)c(N=O)c2ccc(-c3ccccc3)cc21. The van der Waals surface area contributed by atoms with Crippen LogP contribution < -0.4 is 0 Å². The number of fused-ring (bicyclic) bond motifs is 1. The third-order valence-electron chi connectivity index (χ3n) is 5.75. The first-order valence-electron chi connectivity index (χ1n) is 10.6. The maximum atomic E-state index is 12.8. The molecule has 0 aliphatic carbocycles. The monoisotopic (exact) mass is 441 g/mol. The minimum absolute atomic E-state index is 0.0205. The number of hydrogen-bond donors (Lipinski definition) is 1. The zero-order valence-electron chi connectivity index (χ0n) is 18.1. The van der Waals surface area contributed by atoms with Crippen molar-refractivity contribution in [2.75, 3.05) is 6.54 Å². The van der Waals surface area contributed by atoms with Crippen LogP contribution >= 0.6 is 0 Å². The Morgan fingerprint density at radius 2 is 1.76 bits per heavy atom. The predicted molar refractivity (Wildman–Crippen MR) is 127 cm³/mol. The summed E-state index contributed by atoms with van der Waals surface area (Å²) >= 11 is 0. The highest BCUT2D eigenvalue weighted by Crippen LogP contribution is 2.40. The number of aromatic hydroxyl groups is 1. The highest BCUT2D eigenvalue weighted by molar-refractivity contribution is 6.01. The van der Waals surface area contributed by atoms with Crippen molar-refractivity contribution in [2.24, 2.45) is 5.18 Å². The summed E-state index contributed by atoms with van der Waals surface area (Å²) in [6, 6.07) is 22.4. The molecule has 2 amide bonds. The van der Waals surface area contributed by atoms with Gasteiger partial charge >= 0.3 is 0 Å². The number of amides is 2. The Kier molecular flexibility index (Phi) is 6.31. The molecule has 33 heavy (non-hydrogen) atoms. The Balaban J connectivity index is 1.59. The Morgan fingerprint density at radius 3 is 2.45 bits per heavy atom. The van der Waals surface area contributed by atoms with Crippen molar-refractivity contribution in [3.8, 4) is 17.0 Å². The lowest BCUT2D eigenvalue weighted by atomic mass is 10.0. The maximum Gasteiger partial charge on any atom is 0.260 e.